The van der Waals surface area contributed by atoms with Crippen LogP contribution in [0.25, 0.3) is 0 Å². The summed E-state index contributed by atoms with van der Waals surface area (Å²) in [5, 5.41) is 0.330. The van der Waals surface area contributed by atoms with Gasteiger partial charge in [0.1, 0.15) is 17.3 Å². The molecule has 1 fully saturated rings. The molecule has 0 spiro atoms. The molecule has 39 heavy (non-hydrogen) atoms. The zero-order valence-corrected chi connectivity index (χ0v) is 25.0. The minimum atomic E-state index is 0. The van der Waals surface area contributed by atoms with Gasteiger partial charge in [-0.15, -0.1) is 0 Å². The van der Waals surface area contributed by atoms with Gasteiger partial charge in [-0.3, -0.25) is 19.2 Å². The van der Waals surface area contributed by atoms with E-state index in [0.29, 0.717) is 18.0 Å². The highest BCUT2D eigenvalue weighted by Crippen LogP contribution is 2.18. The van der Waals surface area contributed by atoms with Crippen LogP contribution in [0.3, 0.4) is 0 Å². The van der Waals surface area contributed by atoms with E-state index in [1.54, 1.807) is 0 Å². The van der Waals surface area contributed by atoms with E-state index in [9.17, 15) is 24.0 Å². The molecule has 0 amide bonds. The quantitative estimate of drug-likeness (QED) is 0.194. The smallest absolute Gasteiger partial charge is 0.193 e. The molecule has 0 atom stereocenters. The maximum atomic E-state index is 12.4. The maximum absolute atomic E-state index is 12.4. The zero-order valence-electron chi connectivity index (χ0n) is 24.1. The molecule has 0 bridgehead atoms. The van der Waals surface area contributed by atoms with Crippen molar-refractivity contribution in [2.75, 3.05) is 6.26 Å². The first kappa shape index (κ1) is 38.3. The van der Waals surface area contributed by atoms with Crippen molar-refractivity contribution in [2.45, 2.75) is 100 Å². The lowest BCUT2D eigenvalue weighted by Crippen LogP contribution is -2.05. The molecule has 0 aromatic heterocycles. The lowest BCUT2D eigenvalue weighted by molar-refractivity contribution is -0.121. The van der Waals surface area contributed by atoms with Crippen LogP contribution < -0.4 is 0 Å². The molecule has 2 aromatic rings. The van der Waals surface area contributed by atoms with Crippen molar-refractivity contribution in [3.8, 4) is 0 Å². The molecular formula is C33H48O5S. The molecule has 0 radical (unpaired) electrons. The Morgan fingerprint density at radius 2 is 1.33 bits per heavy atom. The normalized spacial score (nSPS) is 11.5. The van der Waals surface area contributed by atoms with Gasteiger partial charge in [0, 0.05) is 30.4 Å². The molecule has 1 aliphatic carbocycles. The van der Waals surface area contributed by atoms with Gasteiger partial charge in [-0.1, -0.05) is 87.3 Å². The fourth-order valence-electron chi connectivity index (χ4n) is 3.43. The molecule has 216 valence electrons. The van der Waals surface area contributed by atoms with Crippen LogP contribution in [0.15, 0.2) is 42.5 Å². The first-order valence-electron chi connectivity index (χ1n) is 13.2. The van der Waals surface area contributed by atoms with Crippen molar-refractivity contribution in [1.82, 2.24) is 0 Å². The van der Waals surface area contributed by atoms with Crippen molar-refractivity contribution in [1.29, 1.82) is 0 Å². The summed E-state index contributed by atoms with van der Waals surface area (Å²) >= 11 is 1.34. The lowest BCUT2D eigenvalue weighted by atomic mass is 9.95. The van der Waals surface area contributed by atoms with Gasteiger partial charge in [-0.05, 0) is 64.5 Å². The van der Waals surface area contributed by atoms with Crippen LogP contribution in [0.1, 0.15) is 112 Å². The molecule has 1 saturated carbocycles. The summed E-state index contributed by atoms with van der Waals surface area (Å²) in [6.07, 6.45) is 8.58. The van der Waals surface area contributed by atoms with Gasteiger partial charge in [-0.2, -0.15) is 0 Å². The minimum Gasteiger partial charge on any atom is -0.300 e. The first-order valence-corrected chi connectivity index (χ1v) is 14.4. The van der Waals surface area contributed by atoms with Crippen LogP contribution in [0.5, 0.6) is 0 Å². The predicted molar refractivity (Wildman–Crippen MR) is 165 cm³/mol. The number of Topliss-reactive ketones (excluding diaryl/α,β-unsaturated/α-hetero) is 3. The van der Waals surface area contributed by atoms with Gasteiger partial charge >= 0.3 is 0 Å². The number of unbranched alkanes of at least 4 members (excludes halogenated alkanes) is 3. The topological polar surface area (TPSA) is 85.3 Å². The van der Waals surface area contributed by atoms with Crippen LogP contribution >= 0.6 is 11.8 Å². The van der Waals surface area contributed by atoms with Gasteiger partial charge in [0.15, 0.2) is 10.9 Å². The van der Waals surface area contributed by atoms with Crippen LogP contribution in [-0.2, 0) is 19.2 Å². The summed E-state index contributed by atoms with van der Waals surface area (Å²) in [6, 6.07) is 13.7. The van der Waals surface area contributed by atoms with Crippen LogP contribution in [0.4, 0.5) is 0 Å². The van der Waals surface area contributed by atoms with E-state index in [2.05, 4.69) is 6.92 Å². The average molecular weight is 557 g/mol. The van der Waals surface area contributed by atoms with Gasteiger partial charge in [-0.25, -0.2) is 0 Å². The summed E-state index contributed by atoms with van der Waals surface area (Å²) in [6.45, 7) is 11.2. The number of hydrogen-bond acceptors (Lipinski definition) is 6. The Morgan fingerprint density at radius 3 is 1.79 bits per heavy atom. The van der Waals surface area contributed by atoms with Crippen molar-refractivity contribution >= 4 is 40.0 Å². The van der Waals surface area contributed by atoms with E-state index in [1.165, 1.54) is 44.9 Å². The molecule has 0 heterocycles. The molecule has 2 aromatic carbocycles. The van der Waals surface area contributed by atoms with Crippen molar-refractivity contribution < 1.29 is 24.0 Å². The molecule has 3 rings (SSSR count). The second-order valence-corrected chi connectivity index (χ2v) is 10.4. The third-order valence-electron chi connectivity index (χ3n) is 5.57. The van der Waals surface area contributed by atoms with Gasteiger partial charge in [0.2, 0.25) is 0 Å². The fraction of sp³-hybridized carbons (Fsp3) is 0.485. The number of carbonyl (C=O) groups is 5. The average Bonchev–Trinajstić information content (AvgIpc) is 3.25. The second-order valence-electron chi connectivity index (χ2n) is 9.51. The number of rotatable bonds is 7. The molecular weight excluding hydrogens is 508 g/mol. The number of hydrogen-bond donors (Lipinski definition) is 0. The number of thioether (sulfide) groups is 1. The summed E-state index contributed by atoms with van der Waals surface area (Å²) in [5.74, 6) is 0.485. The van der Waals surface area contributed by atoms with Crippen LogP contribution in [0.2, 0.25) is 0 Å². The SMILES string of the molecule is C.CC(C)=O.CCCCCCC(=O)SC.Cc1ccc(C)c(C(=O)c2ccccc2C)c1.O=C1CCC(=O)C1. The van der Waals surface area contributed by atoms with E-state index in [-0.39, 0.29) is 37.0 Å². The van der Waals surface area contributed by atoms with Crippen molar-refractivity contribution in [3.63, 3.8) is 0 Å². The highest BCUT2D eigenvalue weighted by atomic mass is 32.2. The van der Waals surface area contributed by atoms with E-state index >= 15 is 0 Å². The molecule has 0 saturated heterocycles. The predicted octanol–water partition coefficient (Wildman–Crippen LogP) is 8.23. The molecule has 5 nitrogen and oxygen atoms in total. The fourth-order valence-corrected chi connectivity index (χ4v) is 3.78. The Bertz CT molecular complexity index is 1050. The second kappa shape index (κ2) is 22.0. The number of ketones is 4. The molecule has 6 heteroatoms. The highest BCUT2D eigenvalue weighted by Gasteiger charge is 2.17. The Labute approximate surface area is 240 Å². The Hall–Kier alpha value is -2.86. The largest absolute Gasteiger partial charge is 0.300 e. The number of carbonyl (C=O) groups excluding carboxylic acids is 5. The monoisotopic (exact) mass is 556 g/mol. The molecule has 0 N–H and O–H groups in total. The Balaban J connectivity index is 0. The van der Waals surface area contributed by atoms with Gasteiger partial charge in [0.05, 0.1) is 6.42 Å². The first-order chi connectivity index (χ1) is 17.9. The van der Waals surface area contributed by atoms with E-state index in [4.69, 9.17) is 0 Å². The third-order valence-corrected chi connectivity index (χ3v) is 6.23. The Morgan fingerprint density at radius 1 is 0.795 bits per heavy atom. The summed E-state index contributed by atoms with van der Waals surface area (Å²) < 4.78 is 0. The van der Waals surface area contributed by atoms with Gasteiger partial charge < -0.3 is 4.79 Å². The number of benzene rings is 2. The maximum Gasteiger partial charge on any atom is 0.193 e. The van der Waals surface area contributed by atoms with Crippen molar-refractivity contribution in [3.05, 3.63) is 70.3 Å². The summed E-state index contributed by atoms with van der Waals surface area (Å²) in [7, 11) is 0. The molecule has 1 aliphatic rings. The zero-order chi connectivity index (χ0) is 29.1. The van der Waals surface area contributed by atoms with Crippen molar-refractivity contribution in [2.24, 2.45) is 0 Å². The molecule has 0 aliphatic heterocycles. The van der Waals surface area contributed by atoms with E-state index < -0.39 is 0 Å². The highest BCUT2D eigenvalue weighted by molar-refractivity contribution is 8.13. The summed E-state index contributed by atoms with van der Waals surface area (Å²) in [4.78, 5) is 53.1. The standard InChI is InChI=1S/C16H16O.C8H16OS.C5H6O2.C3H6O.CH4/c1-11-8-9-13(3)15(10-11)16(17)14-7-5-4-6-12(14)2;1-3-4-5-6-7-8(9)10-2;6-4-1-2-5(7)3-4;1-3(2)4;/h4-10H,1-3H3;3-7H2,1-2H3;1-3H2;1-2H3;1H4. The minimum absolute atomic E-state index is 0. The lowest BCUT2D eigenvalue weighted by Gasteiger charge is -2.08. The summed E-state index contributed by atoms with van der Waals surface area (Å²) in [5.41, 5.74) is 4.77. The van der Waals surface area contributed by atoms with E-state index in [0.717, 1.165) is 40.7 Å². The third kappa shape index (κ3) is 18.1. The van der Waals surface area contributed by atoms with Crippen LogP contribution in [-0.4, -0.2) is 34.5 Å². The van der Waals surface area contributed by atoms with Gasteiger partial charge in [0.25, 0.3) is 0 Å². The number of aryl methyl sites for hydroxylation is 3. The molecule has 0 unspecified atom stereocenters. The van der Waals surface area contributed by atoms with E-state index in [1.807, 2.05) is 69.5 Å². The Kier molecular flexibility index (Phi) is 21.6. The van der Waals surface area contributed by atoms with Crippen LogP contribution in [0, 0.1) is 20.8 Å².